The fraction of sp³-hybridized carbons (Fsp3) is 0.476. The van der Waals surface area contributed by atoms with Crippen molar-refractivity contribution >= 4 is 11.9 Å². The molecule has 1 atom stereocenters. The molecule has 2 heterocycles. The number of rotatable bonds is 8. The number of nitrogens with zero attached hydrogens (tertiary/aromatic N) is 3. The summed E-state index contributed by atoms with van der Waals surface area (Å²) in [6.07, 6.45) is 2.33. The van der Waals surface area contributed by atoms with E-state index in [1.165, 1.54) is 5.56 Å². The Morgan fingerprint density at radius 1 is 1.32 bits per heavy atom. The molecule has 0 bridgehead atoms. The summed E-state index contributed by atoms with van der Waals surface area (Å²) in [7, 11) is 1.74. The van der Waals surface area contributed by atoms with Crippen LogP contribution >= 0.6 is 0 Å². The lowest BCUT2D eigenvalue weighted by molar-refractivity contribution is -0.127. The van der Waals surface area contributed by atoms with Crippen LogP contribution in [0.25, 0.3) is 0 Å². The minimum atomic E-state index is 0.236. The normalized spacial score (nSPS) is 17.2. The molecule has 2 N–H and O–H groups in total. The van der Waals surface area contributed by atoms with E-state index in [4.69, 9.17) is 4.52 Å². The molecule has 1 aromatic heterocycles. The number of guanidine groups is 1. The monoisotopic (exact) mass is 383 g/mol. The number of aryl methyl sites for hydroxylation is 1. The Kier molecular flexibility index (Phi) is 7.06. The van der Waals surface area contributed by atoms with E-state index in [1.54, 1.807) is 7.05 Å². The first-order valence-electron chi connectivity index (χ1n) is 9.88. The zero-order valence-electron chi connectivity index (χ0n) is 16.6. The van der Waals surface area contributed by atoms with Gasteiger partial charge in [0.25, 0.3) is 0 Å². The van der Waals surface area contributed by atoms with Crippen LogP contribution in [-0.2, 0) is 24.2 Å². The van der Waals surface area contributed by atoms with Gasteiger partial charge in [-0.1, -0.05) is 42.4 Å². The molecular formula is C21H29N5O2. The molecule has 1 saturated heterocycles. The molecular weight excluding hydrogens is 354 g/mol. The van der Waals surface area contributed by atoms with Gasteiger partial charge in [0, 0.05) is 45.1 Å². The first-order chi connectivity index (χ1) is 13.7. The largest absolute Gasteiger partial charge is 0.359 e. The lowest BCUT2D eigenvalue weighted by Gasteiger charge is -2.17. The summed E-state index contributed by atoms with van der Waals surface area (Å²) in [6, 6.07) is 12.2. The Labute approximate surface area is 166 Å². The Morgan fingerprint density at radius 2 is 2.14 bits per heavy atom. The predicted molar refractivity (Wildman–Crippen MR) is 109 cm³/mol. The first-order valence-corrected chi connectivity index (χ1v) is 9.88. The van der Waals surface area contributed by atoms with Gasteiger partial charge in [0.05, 0.1) is 12.2 Å². The van der Waals surface area contributed by atoms with Crippen molar-refractivity contribution in [3.8, 4) is 0 Å². The third kappa shape index (κ3) is 5.58. The van der Waals surface area contributed by atoms with Crippen molar-refractivity contribution in [3.05, 3.63) is 53.4 Å². The van der Waals surface area contributed by atoms with Crippen LogP contribution in [0.1, 0.15) is 30.4 Å². The molecule has 0 spiro atoms. The topological polar surface area (TPSA) is 82.8 Å². The summed E-state index contributed by atoms with van der Waals surface area (Å²) in [5, 5.41) is 10.5. The third-order valence-corrected chi connectivity index (χ3v) is 4.99. The molecule has 3 rings (SSSR count). The molecule has 150 valence electrons. The van der Waals surface area contributed by atoms with Crippen molar-refractivity contribution in [2.75, 3.05) is 26.7 Å². The summed E-state index contributed by atoms with van der Waals surface area (Å²) in [5.74, 6) is 2.01. The van der Waals surface area contributed by atoms with Crippen LogP contribution in [-0.4, -0.2) is 48.6 Å². The standard InChI is InChI=1S/C21H29N5O2/c1-3-18-12-19(28-25-18)14-24-21(22-2)23-13-17-11-20(27)26(15-17)10-9-16-7-5-4-6-8-16/h4-8,12,17H,3,9-11,13-15H2,1-2H3,(H2,22,23,24). The summed E-state index contributed by atoms with van der Waals surface area (Å²) in [6.45, 7) is 4.85. The van der Waals surface area contributed by atoms with Crippen molar-refractivity contribution in [1.29, 1.82) is 0 Å². The fourth-order valence-electron chi connectivity index (χ4n) is 3.35. The minimum Gasteiger partial charge on any atom is -0.359 e. The van der Waals surface area contributed by atoms with E-state index in [0.717, 1.165) is 37.4 Å². The predicted octanol–water partition coefficient (Wildman–Crippen LogP) is 1.99. The molecule has 7 nitrogen and oxygen atoms in total. The maximum Gasteiger partial charge on any atom is 0.223 e. The Morgan fingerprint density at radius 3 is 2.86 bits per heavy atom. The maximum atomic E-state index is 12.3. The highest BCUT2D eigenvalue weighted by molar-refractivity contribution is 5.80. The van der Waals surface area contributed by atoms with Crippen molar-refractivity contribution in [2.45, 2.75) is 32.7 Å². The molecule has 0 aliphatic carbocycles. The van der Waals surface area contributed by atoms with Crippen LogP contribution in [0.2, 0.25) is 0 Å². The number of aromatic nitrogens is 1. The van der Waals surface area contributed by atoms with E-state index in [9.17, 15) is 4.79 Å². The van der Waals surface area contributed by atoms with Crippen molar-refractivity contribution < 1.29 is 9.32 Å². The van der Waals surface area contributed by atoms with Crippen LogP contribution in [0, 0.1) is 5.92 Å². The molecule has 1 aromatic carbocycles. The Balaban J connectivity index is 1.40. The fourth-order valence-corrected chi connectivity index (χ4v) is 3.35. The molecule has 2 aromatic rings. The van der Waals surface area contributed by atoms with Crippen molar-refractivity contribution in [1.82, 2.24) is 20.7 Å². The number of hydrogen-bond acceptors (Lipinski definition) is 4. The zero-order valence-corrected chi connectivity index (χ0v) is 16.6. The van der Waals surface area contributed by atoms with Gasteiger partial charge < -0.3 is 20.1 Å². The molecule has 1 aliphatic heterocycles. The number of benzene rings is 1. The number of likely N-dealkylation sites (tertiary alicyclic amines) is 1. The van der Waals surface area contributed by atoms with Crippen molar-refractivity contribution in [2.24, 2.45) is 10.9 Å². The van der Waals surface area contributed by atoms with Gasteiger partial charge in [0.1, 0.15) is 0 Å². The number of nitrogens with one attached hydrogen (secondary N) is 2. The van der Waals surface area contributed by atoms with Gasteiger partial charge in [0.15, 0.2) is 11.7 Å². The summed E-state index contributed by atoms with van der Waals surface area (Å²) in [5.41, 5.74) is 2.21. The molecule has 0 saturated carbocycles. The van der Waals surface area contributed by atoms with Gasteiger partial charge in [-0.15, -0.1) is 0 Å². The Bertz CT molecular complexity index is 787. The molecule has 7 heteroatoms. The van der Waals surface area contributed by atoms with E-state index >= 15 is 0 Å². The number of amides is 1. The summed E-state index contributed by atoms with van der Waals surface area (Å²) < 4.78 is 5.27. The summed E-state index contributed by atoms with van der Waals surface area (Å²) >= 11 is 0. The van der Waals surface area contributed by atoms with Gasteiger partial charge in [-0.2, -0.15) is 0 Å². The highest BCUT2D eigenvalue weighted by Crippen LogP contribution is 2.17. The van der Waals surface area contributed by atoms with Crippen LogP contribution < -0.4 is 10.6 Å². The molecule has 28 heavy (non-hydrogen) atoms. The van der Waals surface area contributed by atoms with Gasteiger partial charge in [-0.25, -0.2) is 0 Å². The maximum absolute atomic E-state index is 12.3. The van der Waals surface area contributed by atoms with Crippen molar-refractivity contribution in [3.63, 3.8) is 0 Å². The van der Waals surface area contributed by atoms with Gasteiger partial charge in [-0.3, -0.25) is 9.79 Å². The lowest BCUT2D eigenvalue weighted by atomic mass is 10.1. The smallest absolute Gasteiger partial charge is 0.223 e. The molecule has 1 amide bonds. The minimum absolute atomic E-state index is 0.236. The third-order valence-electron chi connectivity index (χ3n) is 4.99. The van der Waals surface area contributed by atoms with E-state index in [0.29, 0.717) is 31.4 Å². The first kappa shape index (κ1) is 19.9. The average Bonchev–Trinajstić information content (AvgIpc) is 3.33. The van der Waals surface area contributed by atoms with Crippen LogP contribution in [0.3, 0.4) is 0 Å². The molecule has 1 unspecified atom stereocenters. The second kappa shape index (κ2) is 9.92. The average molecular weight is 383 g/mol. The quantitative estimate of drug-likeness (QED) is 0.538. The van der Waals surface area contributed by atoms with Gasteiger partial charge in [0.2, 0.25) is 5.91 Å². The van der Waals surface area contributed by atoms with E-state index < -0.39 is 0 Å². The number of carbonyl (C=O) groups is 1. The molecule has 0 radical (unpaired) electrons. The second-order valence-corrected chi connectivity index (χ2v) is 7.09. The summed E-state index contributed by atoms with van der Waals surface area (Å²) in [4.78, 5) is 18.5. The zero-order chi connectivity index (χ0) is 19.8. The highest BCUT2D eigenvalue weighted by Gasteiger charge is 2.29. The lowest BCUT2D eigenvalue weighted by Crippen LogP contribution is -2.40. The van der Waals surface area contributed by atoms with Crippen LogP contribution in [0.15, 0.2) is 45.9 Å². The van der Waals surface area contributed by atoms with E-state index in [2.05, 4.69) is 32.9 Å². The van der Waals surface area contributed by atoms with Gasteiger partial charge in [-0.05, 0) is 18.4 Å². The Hall–Kier alpha value is -2.83. The number of aliphatic imine (C=N–C) groups is 1. The molecule has 1 aliphatic rings. The van der Waals surface area contributed by atoms with Crippen LogP contribution in [0.5, 0.6) is 0 Å². The van der Waals surface area contributed by atoms with E-state index in [1.807, 2.05) is 36.1 Å². The van der Waals surface area contributed by atoms with E-state index in [-0.39, 0.29) is 5.91 Å². The second-order valence-electron chi connectivity index (χ2n) is 7.09. The highest BCUT2D eigenvalue weighted by atomic mass is 16.5. The number of hydrogen-bond donors (Lipinski definition) is 2. The molecule has 1 fully saturated rings. The van der Waals surface area contributed by atoms with Gasteiger partial charge >= 0.3 is 0 Å². The number of carbonyl (C=O) groups excluding carboxylic acids is 1. The SMILES string of the molecule is CCc1cc(CNC(=NC)NCC2CC(=O)N(CCc3ccccc3)C2)on1. The van der Waals surface area contributed by atoms with Crippen LogP contribution in [0.4, 0.5) is 0 Å².